The minimum Gasteiger partial charge on any atom is -0.428 e. The zero-order valence-corrected chi connectivity index (χ0v) is 13.9. The molecule has 2 aromatic rings. The number of ether oxygens (including phenoxy) is 2. The van der Waals surface area contributed by atoms with E-state index >= 15 is 0 Å². The lowest BCUT2D eigenvalue weighted by atomic mass is 10.1. The molecule has 1 aromatic carbocycles. The van der Waals surface area contributed by atoms with Crippen LogP contribution in [0, 0.1) is 0 Å². The Bertz CT molecular complexity index is 653. The second-order valence-corrected chi connectivity index (χ2v) is 6.61. The number of hydrogen-bond acceptors (Lipinski definition) is 4. The summed E-state index contributed by atoms with van der Waals surface area (Å²) in [5.41, 5.74) is 1.51. The molecule has 2 rings (SSSR count). The molecule has 0 bridgehead atoms. The van der Waals surface area contributed by atoms with Crippen molar-refractivity contribution in [1.82, 2.24) is 9.88 Å². The van der Waals surface area contributed by atoms with Crippen molar-refractivity contribution in [3.63, 3.8) is 0 Å². The van der Waals surface area contributed by atoms with Crippen molar-refractivity contribution in [3.05, 3.63) is 30.0 Å². The summed E-state index contributed by atoms with van der Waals surface area (Å²) >= 11 is 0. The van der Waals surface area contributed by atoms with Gasteiger partial charge in [0.1, 0.15) is 11.4 Å². The van der Waals surface area contributed by atoms with E-state index in [-0.39, 0.29) is 0 Å². The molecular formula is C17H24N2O3. The fraction of sp³-hybridized carbons (Fsp3) is 0.471. The quantitative estimate of drug-likeness (QED) is 0.693. The van der Waals surface area contributed by atoms with Gasteiger partial charge in [-0.25, -0.2) is 4.79 Å². The molecule has 5 nitrogen and oxygen atoms in total. The van der Waals surface area contributed by atoms with E-state index in [1.165, 1.54) is 0 Å². The van der Waals surface area contributed by atoms with Gasteiger partial charge in [0, 0.05) is 23.6 Å². The van der Waals surface area contributed by atoms with Gasteiger partial charge >= 0.3 is 6.16 Å². The summed E-state index contributed by atoms with van der Waals surface area (Å²) in [5, 5.41) is 0.940. The SMILES string of the molecule is CN(C)CCc1c[nH]c2cccc(OC(=O)OC(C)(C)C)c12. The zero-order valence-electron chi connectivity index (χ0n) is 13.9. The number of likely N-dealkylation sites (N-methyl/N-ethyl adjacent to an activating group) is 1. The second-order valence-electron chi connectivity index (χ2n) is 6.61. The third kappa shape index (κ3) is 4.24. The predicted molar refractivity (Wildman–Crippen MR) is 87.4 cm³/mol. The van der Waals surface area contributed by atoms with Gasteiger partial charge in [-0.05, 0) is 59.0 Å². The molecule has 0 aliphatic heterocycles. The van der Waals surface area contributed by atoms with Crippen LogP contribution in [0.25, 0.3) is 10.9 Å². The Labute approximate surface area is 131 Å². The monoisotopic (exact) mass is 304 g/mol. The van der Waals surface area contributed by atoms with Gasteiger partial charge in [-0.15, -0.1) is 0 Å². The average molecular weight is 304 g/mol. The first-order valence-corrected chi connectivity index (χ1v) is 7.41. The van der Waals surface area contributed by atoms with Crippen LogP contribution in [0.15, 0.2) is 24.4 Å². The van der Waals surface area contributed by atoms with Crippen molar-refractivity contribution < 1.29 is 14.3 Å². The van der Waals surface area contributed by atoms with E-state index in [1.807, 2.05) is 53.2 Å². The molecule has 0 saturated carbocycles. The fourth-order valence-corrected chi connectivity index (χ4v) is 2.21. The molecule has 1 aromatic heterocycles. The van der Waals surface area contributed by atoms with Crippen molar-refractivity contribution >= 4 is 17.1 Å². The standard InChI is InChI=1S/C17H24N2O3/c1-17(2,3)22-16(20)21-14-8-6-7-13-15(14)12(11-18-13)9-10-19(4)5/h6-8,11,18H,9-10H2,1-5H3. The molecule has 0 amide bonds. The summed E-state index contributed by atoms with van der Waals surface area (Å²) in [6, 6.07) is 5.62. The first-order chi connectivity index (χ1) is 10.3. The van der Waals surface area contributed by atoms with E-state index in [9.17, 15) is 4.79 Å². The van der Waals surface area contributed by atoms with Crippen molar-refractivity contribution in [2.45, 2.75) is 32.8 Å². The molecule has 5 heteroatoms. The van der Waals surface area contributed by atoms with Crippen LogP contribution in [-0.2, 0) is 11.2 Å². The Hall–Kier alpha value is -2.01. The van der Waals surface area contributed by atoms with Crippen LogP contribution in [0.3, 0.4) is 0 Å². The van der Waals surface area contributed by atoms with Crippen molar-refractivity contribution in [3.8, 4) is 5.75 Å². The lowest BCUT2D eigenvalue weighted by molar-refractivity contribution is 0.0209. The molecule has 0 aliphatic rings. The van der Waals surface area contributed by atoms with Crippen LogP contribution >= 0.6 is 0 Å². The summed E-state index contributed by atoms with van der Waals surface area (Å²) in [6.45, 7) is 6.36. The van der Waals surface area contributed by atoms with Crippen LogP contribution in [0.5, 0.6) is 5.75 Å². The van der Waals surface area contributed by atoms with E-state index in [4.69, 9.17) is 9.47 Å². The molecular weight excluding hydrogens is 280 g/mol. The number of fused-ring (bicyclic) bond motifs is 1. The van der Waals surface area contributed by atoms with Gasteiger partial charge in [-0.2, -0.15) is 0 Å². The third-order valence-electron chi connectivity index (χ3n) is 3.16. The number of carbonyl (C=O) groups is 1. The molecule has 0 fully saturated rings. The predicted octanol–water partition coefficient (Wildman–Crippen LogP) is 3.59. The minimum absolute atomic E-state index is 0.529. The lowest BCUT2D eigenvalue weighted by Crippen LogP contribution is -2.26. The van der Waals surface area contributed by atoms with Gasteiger partial charge in [0.25, 0.3) is 0 Å². The molecule has 0 unspecified atom stereocenters. The number of aromatic amines is 1. The van der Waals surface area contributed by atoms with Gasteiger partial charge in [-0.3, -0.25) is 0 Å². The number of H-pyrrole nitrogens is 1. The Balaban J connectivity index is 2.25. The first-order valence-electron chi connectivity index (χ1n) is 7.41. The van der Waals surface area contributed by atoms with Crippen LogP contribution in [0.2, 0.25) is 0 Å². The number of rotatable bonds is 4. The van der Waals surface area contributed by atoms with Gasteiger partial charge in [0.05, 0.1) is 0 Å². The van der Waals surface area contributed by atoms with E-state index in [0.717, 1.165) is 29.4 Å². The molecule has 120 valence electrons. The number of carbonyl (C=O) groups excluding carboxylic acids is 1. The van der Waals surface area contributed by atoms with E-state index < -0.39 is 11.8 Å². The Morgan fingerprint density at radius 1 is 1.27 bits per heavy atom. The van der Waals surface area contributed by atoms with Crippen LogP contribution in [0.4, 0.5) is 4.79 Å². The largest absolute Gasteiger partial charge is 0.514 e. The van der Waals surface area contributed by atoms with Crippen molar-refractivity contribution in [2.24, 2.45) is 0 Å². The molecule has 1 N–H and O–H groups in total. The summed E-state index contributed by atoms with van der Waals surface area (Å²) in [4.78, 5) is 17.3. The molecule has 0 spiro atoms. The normalized spacial score (nSPS) is 11.9. The van der Waals surface area contributed by atoms with Crippen LogP contribution < -0.4 is 4.74 Å². The average Bonchev–Trinajstić information content (AvgIpc) is 2.78. The molecule has 0 aliphatic carbocycles. The van der Waals surface area contributed by atoms with E-state index in [1.54, 1.807) is 6.07 Å². The second kappa shape index (κ2) is 6.40. The Kier molecular flexibility index (Phi) is 4.76. The molecule has 0 radical (unpaired) electrons. The molecule has 0 saturated heterocycles. The summed E-state index contributed by atoms with van der Waals surface area (Å²) in [5.74, 6) is 0.529. The summed E-state index contributed by atoms with van der Waals surface area (Å²) in [7, 11) is 4.07. The highest BCUT2D eigenvalue weighted by atomic mass is 16.7. The number of nitrogens with one attached hydrogen (secondary N) is 1. The Morgan fingerprint density at radius 2 is 2.00 bits per heavy atom. The molecule has 22 heavy (non-hydrogen) atoms. The first kappa shape index (κ1) is 16.4. The summed E-state index contributed by atoms with van der Waals surface area (Å²) in [6.07, 6.45) is 2.16. The number of hydrogen-bond donors (Lipinski definition) is 1. The lowest BCUT2D eigenvalue weighted by Gasteiger charge is -2.19. The zero-order chi connectivity index (χ0) is 16.3. The third-order valence-corrected chi connectivity index (χ3v) is 3.16. The van der Waals surface area contributed by atoms with Crippen molar-refractivity contribution in [2.75, 3.05) is 20.6 Å². The van der Waals surface area contributed by atoms with E-state index in [0.29, 0.717) is 5.75 Å². The highest BCUT2D eigenvalue weighted by molar-refractivity contribution is 5.90. The smallest absolute Gasteiger partial charge is 0.428 e. The number of benzene rings is 1. The Morgan fingerprint density at radius 3 is 2.64 bits per heavy atom. The highest BCUT2D eigenvalue weighted by Gasteiger charge is 2.20. The highest BCUT2D eigenvalue weighted by Crippen LogP contribution is 2.29. The maximum atomic E-state index is 11.9. The van der Waals surface area contributed by atoms with E-state index in [2.05, 4.69) is 9.88 Å². The van der Waals surface area contributed by atoms with Crippen LogP contribution in [0.1, 0.15) is 26.3 Å². The number of nitrogens with zero attached hydrogens (tertiary/aromatic N) is 1. The fourth-order valence-electron chi connectivity index (χ4n) is 2.21. The number of aromatic nitrogens is 1. The minimum atomic E-state index is -0.681. The topological polar surface area (TPSA) is 54.6 Å². The summed E-state index contributed by atoms with van der Waals surface area (Å²) < 4.78 is 10.6. The van der Waals surface area contributed by atoms with Gasteiger partial charge < -0.3 is 19.4 Å². The van der Waals surface area contributed by atoms with Gasteiger partial charge in [-0.1, -0.05) is 6.07 Å². The maximum Gasteiger partial charge on any atom is 0.514 e. The molecule has 1 heterocycles. The van der Waals surface area contributed by atoms with Gasteiger partial charge in [0.15, 0.2) is 0 Å². The van der Waals surface area contributed by atoms with Crippen molar-refractivity contribution in [1.29, 1.82) is 0 Å². The maximum absolute atomic E-state index is 11.9. The van der Waals surface area contributed by atoms with Crippen LogP contribution in [-0.4, -0.2) is 42.3 Å². The van der Waals surface area contributed by atoms with Gasteiger partial charge in [0.2, 0.25) is 0 Å². The molecule has 0 atom stereocenters.